The maximum atomic E-state index is 5.61. The molecule has 1 radical (unpaired) electrons. The second-order valence-electron chi connectivity index (χ2n) is 8.09. The molecule has 0 fully saturated rings. The fourth-order valence-corrected chi connectivity index (χ4v) is 4.09. The zero-order valence-corrected chi connectivity index (χ0v) is 21.6. The normalized spacial score (nSPS) is 10.6. The number of hydrogen-bond donors (Lipinski definition) is 0. The van der Waals surface area contributed by atoms with E-state index in [9.17, 15) is 0 Å². The molecule has 0 spiro atoms. The molecule has 4 heteroatoms. The summed E-state index contributed by atoms with van der Waals surface area (Å²) in [5.41, 5.74) is 5.63. The van der Waals surface area contributed by atoms with Gasteiger partial charge in [-0.3, -0.25) is 9.97 Å². The van der Waals surface area contributed by atoms with E-state index in [1.165, 1.54) is 10.8 Å². The van der Waals surface area contributed by atoms with Crippen molar-refractivity contribution in [3.05, 3.63) is 133 Å². The van der Waals surface area contributed by atoms with Gasteiger partial charge in [-0.05, 0) is 29.3 Å². The molecule has 0 aliphatic heterocycles. The first-order chi connectivity index (χ1) is 17.3. The number of para-hydroxylation sites is 3. The fourth-order valence-electron chi connectivity index (χ4n) is 4.09. The molecule has 2 heterocycles. The van der Waals surface area contributed by atoms with Crippen LogP contribution in [0.4, 0.5) is 0 Å². The Labute approximate surface area is 222 Å². The van der Waals surface area contributed by atoms with E-state index >= 15 is 0 Å². The summed E-state index contributed by atoms with van der Waals surface area (Å²) in [6.45, 7) is 0. The minimum absolute atomic E-state index is 0. The van der Waals surface area contributed by atoms with Crippen LogP contribution in [0.2, 0.25) is 0 Å². The van der Waals surface area contributed by atoms with Crippen LogP contribution in [0.5, 0.6) is 0 Å². The van der Waals surface area contributed by atoms with Crippen LogP contribution < -0.4 is 0 Å². The van der Waals surface area contributed by atoms with Gasteiger partial charge in [0.1, 0.15) is 11.5 Å². The quantitative estimate of drug-likeness (QED) is 0.179. The number of rotatable bonds is 2. The van der Waals surface area contributed by atoms with Crippen LogP contribution in [-0.4, -0.2) is 9.97 Å². The van der Waals surface area contributed by atoms with Crippen LogP contribution in [0.25, 0.3) is 55.5 Å². The van der Waals surface area contributed by atoms with Crippen LogP contribution in [0.1, 0.15) is 0 Å². The van der Waals surface area contributed by atoms with Gasteiger partial charge in [-0.15, -0.1) is 59.5 Å². The van der Waals surface area contributed by atoms with Gasteiger partial charge in [0.25, 0.3) is 0 Å². The second-order valence-corrected chi connectivity index (χ2v) is 8.09. The molecule has 0 amide bonds. The summed E-state index contributed by atoms with van der Waals surface area (Å²) in [7, 11) is 0. The summed E-state index contributed by atoms with van der Waals surface area (Å²) in [6.07, 6.45) is 0. The van der Waals surface area contributed by atoms with Crippen LogP contribution in [0, 0.1) is 12.1 Å². The molecule has 0 aliphatic rings. The molecule has 36 heavy (non-hydrogen) atoms. The fraction of sp³-hybridized carbons (Fsp3) is 0. The Morgan fingerprint density at radius 1 is 0.556 bits per heavy atom. The van der Waals surface area contributed by atoms with E-state index in [1.807, 2.05) is 72.8 Å². The van der Waals surface area contributed by atoms with Gasteiger partial charge >= 0.3 is 0 Å². The van der Waals surface area contributed by atoms with Gasteiger partial charge in [-0.25, -0.2) is 0 Å². The van der Waals surface area contributed by atoms with E-state index in [2.05, 4.69) is 65.6 Å². The van der Waals surface area contributed by atoms with Crippen molar-refractivity contribution in [3.63, 3.8) is 0 Å². The maximum absolute atomic E-state index is 5.61. The number of fused-ring (bicyclic) bond motifs is 3. The monoisotopic (exact) mass is 641 g/mol. The Balaban J connectivity index is 0.000000150. The third kappa shape index (κ3) is 4.83. The molecule has 0 atom stereocenters. The zero-order valence-electron chi connectivity index (χ0n) is 19.2. The largest absolute Gasteiger partial charge is 0.481 e. The van der Waals surface area contributed by atoms with Gasteiger partial charge in [0.15, 0.2) is 0 Å². The van der Waals surface area contributed by atoms with Gasteiger partial charge in [0.2, 0.25) is 0 Å². The average Bonchev–Trinajstić information content (AvgIpc) is 3.38. The molecule has 0 bridgehead atoms. The van der Waals surface area contributed by atoms with Gasteiger partial charge < -0.3 is 4.42 Å². The van der Waals surface area contributed by atoms with Crippen LogP contribution in [0.3, 0.4) is 0 Å². The topological polar surface area (TPSA) is 38.9 Å². The number of nitrogens with zero attached hydrogens (tertiary/aromatic N) is 2. The summed E-state index contributed by atoms with van der Waals surface area (Å²) >= 11 is 0. The van der Waals surface area contributed by atoms with Crippen molar-refractivity contribution in [1.29, 1.82) is 0 Å². The minimum atomic E-state index is 0. The van der Waals surface area contributed by atoms with Crippen molar-refractivity contribution in [2.24, 2.45) is 0 Å². The summed E-state index contributed by atoms with van der Waals surface area (Å²) in [5, 5.41) is 3.57. The molecule has 7 rings (SSSR count). The van der Waals surface area contributed by atoms with E-state index in [0.29, 0.717) is 5.89 Å². The van der Waals surface area contributed by atoms with Crippen LogP contribution in [-0.2, 0) is 20.1 Å². The molecule has 0 saturated carbocycles. The molecular weight excluding hydrogens is 621 g/mol. The standard InChI is InChI=1S/C19H12N.C13H8NO.Ir/c1-3-9-16-14(6-1)8-5-10-17(16)19-13-12-15-7-2-4-11-18(15)20-19;1-2-6-10(7-3-1)13-14-11-8-4-5-9-12(11)15-13;/h1-9,11-13H;1-6,8-9H;/q2*-1;. The third-order valence-electron chi connectivity index (χ3n) is 5.81. The Kier molecular flexibility index (Phi) is 6.99. The van der Waals surface area contributed by atoms with E-state index in [0.717, 1.165) is 38.8 Å². The van der Waals surface area contributed by atoms with Crippen molar-refractivity contribution in [2.75, 3.05) is 0 Å². The molecule has 0 saturated heterocycles. The van der Waals surface area contributed by atoms with Crippen molar-refractivity contribution < 1.29 is 24.5 Å². The Bertz CT molecular complexity index is 1720. The number of hydrogen-bond acceptors (Lipinski definition) is 3. The summed E-state index contributed by atoms with van der Waals surface area (Å²) in [5.74, 6) is 0.622. The molecule has 7 aromatic rings. The van der Waals surface area contributed by atoms with Gasteiger partial charge in [0.05, 0.1) is 11.0 Å². The molecule has 175 valence electrons. The zero-order chi connectivity index (χ0) is 23.5. The molecule has 0 N–H and O–H groups in total. The smallest absolute Gasteiger partial charge is 0.141 e. The van der Waals surface area contributed by atoms with E-state index in [4.69, 9.17) is 9.40 Å². The van der Waals surface area contributed by atoms with Crippen molar-refractivity contribution in [2.45, 2.75) is 0 Å². The SMILES string of the molecule is [Ir].[c-]1ccc2ccccc2c1-c1ccc2ccccc2n1.[c-]1ccccc1-c1nc2ccccc2o1. The third-order valence-corrected chi connectivity index (χ3v) is 5.81. The number of pyridine rings is 1. The van der Waals surface area contributed by atoms with Gasteiger partial charge in [-0.2, -0.15) is 0 Å². The minimum Gasteiger partial charge on any atom is -0.481 e. The summed E-state index contributed by atoms with van der Waals surface area (Å²) < 4.78 is 5.61. The summed E-state index contributed by atoms with van der Waals surface area (Å²) in [6, 6.07) is 46.6. The first kappa shape index (κ1) is 23.6. The predicted molar refractivity (Wildman–Crippen MR) is 142 cm³/mol. The number of oxazole rings is 1. The predicted octanol–water partition coefficient (Wildman–Crippen LogP) is 8.15. The van der Waals surface area contributed by atoms with Crippen molar-refractivity contribution in [1.82, 2.24) is 9.97 Å². The Morgan fingerprint density at radius 3 is 2.14 bits per heavy atom. The molecule has 0 aliphatic carbocycles. The number of aromatic nitrogens is 2. The number of benzene rings is 5. The first-order valence-corrected chi connectivity index (χ1v) is 11.4. The van der Waals surface area contributed by atoms with E-state index < -0.39 is 0 Å². The molecule has 2 aromatic heterocycles. The first-order valence-electron chi connectivity index (χ1n) is 11.4. The van der Waals surface area contributed by atoms with Crippen molar-refractivity contribution in [3.8, 4) is 22.7 Å². The Morgan fingerprint density at radius 2 is 1.31 bits per heavy atom. The van der Waals surface area contributed by atoms with Gasteiger partial charge in [-0.1, -0.05) is 77.7 Å². The average molecular weight is 641 g/mol. The van der Waals surface area contributed by atoms with Gasteiger partial charge in [0, 0.05) is 20.1 Å². The molecule has 3 nitrogen and oxygen atoms in total. The molecular formula is C32H20IrN2O-2. The molecule has 0 unspecified atom stereocenters. The Hall–Kier alpha value is -4.11. The van der Waals surface area contributed by atoms with Crippen LogP contribution >= 0.6 is 0 Å². The summed E-state index contributed by atoms with van der Waals surface area (Å²) in [4.78, 5) is 9.15. The van der Waals surface area contributed by atoms with Crippen molar-refractivity contribution >= 4 is 32.8 Å². The van der Waals surface area contributed by atoms with Crippen LogP contribution in [0.15, 0.2) is 126 Å². The maximum Gasteiger partial charge on any atom is 0.141 e. The molecule has 5 aromatic carbocycles. The van der Waals surface area contributed by atoms with E-state index in [1.54, 1.807) is 0 Å². The van der Waals surface area contributed by atoms with E-state index in [-0.39, 0.29) is 20.1 Å². The second kappa shape index (κ2) is 10.7.